The summed E-state index contributed by atoms with van der Waals surface area (Å²) in [6.45, 7) is 3.20. The lowest BCUT2D eigenvalue weighted by Gasteiger charge is -2.49. The Labute approximate surface area is 177 Å². The quantitative estimate of drug-likeness (QED) is 0.479. The number of fused-ring (bicyclic) bond motifs is 1. The van der Waals surface area contributed by atoms with Crippen molar-refractivity contribution >= 4 is 52.8 Å². The number of carboxylic acids is 1. The molecule has 3 rings (SSSR count). The van der Waals surface area contributed by atoms with Crippen molar-refractivity contribution in [1.29, 1.82) is 0 Å². The third kappa shape index (κ3) is 4.67. The standard InChI is InChI=1S/C20H22N2O5S2/c1-3-14(24)8-16-18(25)22-17(20(26)27)12(10-29-19(16)22)9-28-15-6-4-13(5-7-15)21-11(2)23/h4-7,16,19H,3,8-10H2,1-2H3,(H,21,23)(H,26,27)/t16-,19-/m1/s1. The number of anilines is 1. The van der Waals surface area contributed by atoms with Crippen molar-refractivity contribution in [2.75, 3.05) is 16.8 Å². The molecule has 0 aromatic heterocycles. The Balaban J connectivity index is 1.70. The van der Waals surface area contributed by atoms with E-state index in [0.29, 0.717) is 29.2 Å². The molecule has 154 valence electrons. The minimum Gasteiger partial charge on any atom is -0.477 e. The van der Waals surface area contributed by atoms with Crippen molar-refractivity contribution < 1.29 is 24.3 Å². The van der Waals surface area contributed by atoms with Gasteiger partial charge in [0.25, 0.3) is 0 Å². The highest BCUT2D eigenvalue weighted by Crippen LogP contribution is 2.46. The maximum atomic E-state index is 12.5. The number of β-lactam (4-membered cyclic amide) rings is 1. The van der Waals surface area contributed by atoms with Crippen LogP contribution >= 0.6 is 23.5 Å². The normalized spacial score (nSPS) is 20.8. The monoisotopic (exact) mass is 434 g/mol. The van der Waals surface area contributed by atoms with E-state index in [1.54, 1.807) is 19.1 Å². The molecule has 2 aliphatic heterocycles. The summed E-state index contributed by atoms with van der Waals surface area (Å²) >= 11 is 3.00. The highest BCUT2D eigenvalue weighted by atomic mass is 32.2. The SMILES string of the molecule is CCC(=O)C[C@@H]1C(=O)N2C(C(=O)O)=C(CSc3ccc(NC(C)=O)cc3)CS[C@H]12. The Hall–Kier alpha value is -2.26. The number of rotatable bonds is 8. The topological polar surface area (TPSA) is 104 Å². The summed E-state index contributed by atoms with van der Waals surface area (Å²) in [6, 6.07) is 7.29. The second-order valence-corrected chi connectivity index (χ2v) is 9.02. The molecule has 0 unspecified atom stereocenters. The number of nitrogens with one attached hydrogen (secondary N) is 1. The Morgan fingerprint density at radius 3 is 2.55 bits per heavy atom. The molecule has 2 N–H and O–H groups in total. The summed E-state index contributed by atoms with van der Waals surface area (Å²) in [5.74, 6) is -0.962. The fourth-order valence-electron chi connectivity index (χ4n) is 3.33. The first kappa shape index (κ1) is 21.4. The van der Waals surface area contributed by atoms with Gasteiger partial charge in [-0.1, -0.05) is 6.92 Å². The fourth-order valence-corrected chi connectivity index (χ4v) is 5.78. The molecule has 0 aliphatic carbocycles. The second kappa shape index (κ2) is 9.04. The lowest BCUT2D eigenvalue weighted by molar-refractivity contribution is -0.153. The molecule has 0 radical (unpaired) electrons. The predicted molar refractivity (Wildman–Crippen MR) is 113 cm³/mol. The van der Waals surface area contributed by atoms with E-state index in [1.807, 2.05) is 12.1 Å². The Kier molecular flexibility index (Phi) is 6.69. The number of carbonyl (C=O) groups excluding carboxylic acids is 3. The summed E-state index contributed by atoms with van der Waals surface area (Å²) in [5, 5.41) is 12.1. The van der Waals surface area contributed by atoms with Gasteiger partial charge in [-0.25, -0.2) is 4.79 Å². The first-order chi connectivity index (χ1) is 13.8. The summed E-state index contributed by atoms with van der Waals surface area (Å²) < 4.78 is 0. The molecule has 2 atom stereocenters. The van der Waals surface area contributed by atoms with Crippen molar-refractivity contribution in [2.45, 2.75) is 37.0 Å². The molecule has 29 heavy (non-hydrogen) atoms. The van der Waals surface area contributed by atoms with E-state index in [1.165, 1.54) is 35.3 Å². The number of carbonyl (C=O) groups is 4. The van der Waals surface area contributed by atoms with Gasteiger partial charge in [0.05, 0.1) is 11.3 Å². The molecule has 2 aliphatic rings. The van der Waals surface area contributed by atoms with Crippen LogP contribution in [-0.2, 0) is 19.2 Å². The van der Waals surface area contributed by atoms with E-state index in [4.69, 9.17) is 0 Å². The van der Waals surface area contributed by atoms with Gasteiger partial charge in [-0.05, 0) is 29.8 Å². The minimum atomic E-state index is -1.11. The van der Waals surface area contributed by atoms with Gasteiger partial charge in [-0.15, -0.1) is 23.5 Å². The number of amides is 2. The van der Waals surface area contributed by atoms with Crippen molar-refractivity contribution in [3.8, 4) is 0 Å². The molecule has 0 spiro atoms. The van der Waals surface area contributed by atoms with Crippen LogP contribution in [0.5, 0.6) is 0 Å². The zero-order chi connectivity index (χ0) is 21.1. The molecule has 1 aromatic carbocycles. The van der Waals surface area contributed by atoms with E-state index in [2.05, 4.69) is 5.32 Å². The molecule has 1 saturated heterocycles. The maximum Gasteiger partial charge on any atom is 0.352 e. The summed E-state index contributed by atoms with van der Waals surface area (Å²) in [5.41, 5.74) is 1.45. The van der Waals surface area contributed by atoms with Crippen LogP contribution in [0, 0.1) is 5.92 Å². The van der Waals surface area contributed by atoms with Crippen LogP contribution < -0.4 is 5.32 Å². The number of nitrogens with zero attached hydrogens (tertiary/aromatic N) is 1. The molecule has 9 heteroatoms. The number of ketones is 1. The fraction of sp³-hybridized carbons (Fsp3) is 0.400. The van der Waals surface area contributed by atoms with Gasteiger partial charge in [0.1, 0.15) is 11.5 Å². The van der Waals surface area contributed by atoms with Crippen molar-refractivity contribution in [2.24, 2.45) is 5.92 Å². The average Bonchev–Trinajstić information content (AvgIpc) is 2.69. The third-order valence-electron chi connectivity index (χ3n) is 4.79. The molecule has 7 nitrogen and oxygen atoms in total. The van der Waals surface area contributed by atoms with Gasteiger partial charge in [-0.3, -0.25) is 19.3 Å². The molecule has 1 aromatic rings. The lowest BCUT2D eigenvalue weighted by atomic mass is 9.90. The summed E-state index contributed by atoms with van der Waals surface area (Å²) in [6.07, 6.45) is 0.562. The van der Waals surface area contributed by atoms with E-state index >= 15 is 0 Å². The first-order valence-corrected chi connectivity index (χ1v) is 11.3. The molecule has 2 amide bonds. The van der Waals surface area contributed by atoms with Gasteiger partial charge in [0, 0.05) is 41.9 Å². The van der Waals surface area contributed by atoms with E-state index in [9.17, 15) is 24.3 Å². The van der Waals surface area contributed by atoms with Crippen molar-refractivity contribution in [3.05, 3.63) is 35.5 Å². The number of hydrogen-bond donors (Lipinski definition) is 2. The van der Waals surface area contributed by atoms with Crippen LogP contribution in [0.2, 0.25) is 0 Å². The zero-order valence-electron chi connectivity index (χ0n) is 16.1. The van der Waals surface area contributed by atoms with E-state index in [0.717, 1.165) is 4.90 Å². The number of benzene rings is 1. The zero-order valence-corrected chi connectivity index (χ0v) is 17.8. The Morgan fingerprint density at radius 1 is 1.28 bits per heavy atom. The lowest BCUT2D eigenvalue weighted by Crippen LogP contribution is -2.61. The van der Waals surface area contributed by atoms with Crippen molar-refractivity contribution in [3.63, 3.8) is 0 Å². The Morgan fingerprint density at radius 2 is 1.97 bits per heavy atom. The largest absolute Gasteiger partial charge is 0.477 e. The Bertz CT molecular complexity index is 881. The van der Waals surface area contributed by atoms with E-state index < -0.39 is 11.9 Å². The molecule has 0 bridgehead atoms. The van der Waals surface area contributed by atoms with Gasteiger partial charge >= 0.3 is 5.97 Å². The van der Waals surface area contributed by atoms with Gasteiger partial charge in [0.15, 0.2) is 0 Å². The third-order valence-corrected chi connectivity index (χ3v) is 7.28. The molecule has 0 saturated carbocycles. The number of carboxylic acid groups (broad SMARTS) is 1. The van der Waals surface area contributed by atoms with Crippen LogP contribution in [0.3, 0.4) is 0 Å². The van der Waals surface area contributed by atoms with Crippen LogP contribution in [0.25, 0.3) is 0 Å². The van der Waals surface area contributed by atoms with E-state index in [-0.39, 0.29) is 35.1 Å². The first-order valence-electron chi connectivity index (χ1n) is 9.24. The van der Waals surface area contributed by atoms with Crippen LogP contribution in [0.4, 0.5) is 5.69 Å². The molecular formula is C20H22N2O5S2. The number of thioether (sulfide) groups is 2. The summed E-state index contributed by atoms with van der Waals surface area (Å²) in [4.78, 5) is 49.5. The molecule has 2 heterocycles. The maximum absolute atomic E-state index is 12.5. The predicted octanol–water partition coefficient (Wildman–Crippen LogP) is 2.98. The average molecular weight is 435 g/mol. The second-order valence-electron chi connectivity index (χ2n) is 6.86. The highest BCUT2D eigenvalue weighted by molar-refractivity contribution is 8.01. The highest BCUT2D eigenvalue weighted by Gasteiger charge is 2.53. The summed E-state index contributed by atoms with van der Waals surface area (Å²) in [7, 11) is 0. The number of hydrogen-bond acceptors (Lipinski definition) is 6. The van der Waals surface area contributed by atoms with Crippen LogP contribution in [-0.4, -0.2) is 50.5 Å². The number of Topliss-reactive ketones (excluding diaryl/α,β-unsaturated/α-hetero) is 1. The molecular weight excluding hydrogens is 412 g/mol. The minimum absolute atomic E-state index is 0.0218. The van der Waals surface area contributed by atoms with Gasteiger partial charge in [0.2, 0.25) is 11.8 Å². The number of aliphatic carboxylic acids is 1. The van der Waals surface area contributed by atoms with Gasteiger partial charge in [-0.2, -0.15) is 0 Å². The smallest absolute Gasteiger partial charge is 0.352 e. The van der Waals surface area contributed by atoms with Crippen LogP contribution in [0.15, 0.2) is 40.4 Å². The van der Waals surface area contributed by atoms with Crippen LogP contribution in [0.1, 0.15) is 26.7 Å². The van der Waals surface area contributed by atoms with Crippen molar-refractivity contribution in [1.82, 2.24) is 4.90 Å². The molecule has 1 fully saturated rings. The van der Waals surface area contributed by atoms with Gasteiger partial charge < -0.3 is 10.4 Å².